The van der Waals surface area contributed by atoms with Crippen LogP contribution >= 0.6 is 0 Å². The Hall–Kier alpha value is -0.850. The highest BCUT2D eigenvalue weighted by atomic mass is 32.2. The molecule has 0 aromatic carbocycles. The van der Waals surface area contributed by atoms with E-state index in [1.807, 2.05) is 18.5 Å². The van der Waals surface area contributed by atoms with Gasteiger partial charge in [0.05, 0.1) is 4.90 Å². The maximum absolute atomic E-state index is 12.0. The zero-order chi connectivity index (χ0) is 13.6. The first-order valence-electron chi connectivity index (χ1n) is 6.38. The Kier molecular flexibility index (Phi) is 5.84. The smallest absolute Gasteiger partial charge is 0.242 e. The minimum atomic E-state index is -3.36. The van der Waals surface area contributed by atoms with Gasteiger partial charge in [0.1, 0.15) is 0 Å². The number of hydrogen-bond donors (Lipinski definition) is 2. The van der Waals surface area contributed by atoms with Crippen LogP contribution < -0.4 is 10.0 Å². The van der Waals surface area contributed by atoms with Crippen LogP contribution in [0.15, 0.2) is 17.2 Å². The second kappa shape index (κ2) is 6.92. The number of nitrogens with zero attached hydrogens (tertiary/aromatic N) is 1. The predicted molar refractivity (Wildman–Crippen MR) is 73.0 cm³/mol. The molecule has 1 rings (SSSR count). The standard InChI is InChI=1S/C12H23N3O2S/c1-4-6-14-18(16,17)12-8-11(9-13-3)15(10-12)7-5-2/h8,10,13-14H,4-7,9H2,1-3H3. The van der Waals surface area contributed by atoms with Crippen molar-refractivity contribution in [3.63, 3.8) is 0 Å². The van der Waals surface area contributed by atoms with Gasteiger partial charge >= 0.3 is 0 Å². The van der Waals surface area contributed by atoms with Gasteiger partial charge in [-0.1, -0.05) is 13.8 Å². The van der Waals surface area contributed by atoms with E-state index in [1.54, 1.807) is 12.3 Å². The normalized spacial score (nSPS) is 11.9. The molecular formula is C12H23N3O2S. The third-order valence-corrected chi connectivity index (χ3v) is 4.06. The summed E-state index contributed by atoms with van der Waals surface area (Å²) in [5.41, 5.74) is 0.997. The Morgan fingerprint density at radius 2 is 2.00 bits per heavy atom. The topological polar surface area (TPSA) is 63.1 Å². The second-order valence-corrected chi connectivity index (χ2v) is 6.06. The number of aromatic nitrogens is 1. The molecule has 1 heterocycles. The Bertz CT molecular complexity index is 442. The van der Waals surface area contributed by atoms with Crippen LogP contribution in [0.3, 0.4) is 0 Å². The van der Waals surface area contributed by atoms with Gasteiger partial charge in [-0.25, -0.2) is 13.1 Å². The van der Waals surface area contributed by atoms with E-state index < -0.39 is 10.0 Å². The van der Waals surface area contributed by atoms with Crippen molar-refractivity contribution in [3.05, 3.63) is 18.0 Å². The number of sulfonamides is 1. The molecule has 0 radical (unpaired) electrons. The highest BCUT2D eigenvalue weighted by Crippen LogP contribution is 2.15. The third-order valence-electron chi connectivity index (χ3n) is 2.64. The van der Waals surface area contributed by atoms with Crippen LogP contribution in [-0.2, 0) is 23.1 Å². The van der Waals surface area contributed by atoms with E-state index in [0.717, 1.165) is 25.1 Å². The van der Waals surface area contributed by atoms with Crippen molar-refractivity contribution in [3.8, 4) is 0 Å². The fourth-order valence-electron chi connectivity index (χ4n) is 1.77. The molecule has 18 heavy (non-hydrogen) atoms. The van der Waals surface area contributed by atoms with E-state index in [9.17, 15) is 8.42 Å². The van der Waals surface area contributed by atoms with Gasteiger partial charge in [0, 0.05) is 31.5 Å². The van der Waals surface area contributed by atoms with Gasteiger partial charge in [0.25, 0.3) is 0 Å². The van der Waals surface area contributed by atoms with Crippen molar-refractivity contribution >= 4 is 10.0 Å². The SMILES string of the molecule is CCCNS(=O)(=O)c1cc(CNC)n(CCC)c1. The van der Waals surface area contributed by atoms with Gasteiger partial charge in [-0.3, -0.25) is 0 Å². The summed E-state index contributed by atoms with van der Waals surface area (Å²) in [5, 5.41) is 3.05. The Morgan fingerprint density at radius 1 is 1.28 bits per heavy atom. The maximum atomic E-state index is 12.0. The van der Waals surface area contributed by atoms with E-state index in [-0.39, 0.29) is 0 Å². The fraction of sp³-hybridized carbons (Fsp3) is 0.667. The van der Waals surface area contributed by atoms with Crippen molar-refractivity contribution in [2.45, 2.75) is 44.7 Å². The summed E-state index contributed by atoms with van der Waals surface area (Å²) in [6.07, 6.45) is 3.49. The molecule has 0 atom stereocenters. The van der Waals surface area contributed by atoms with E-state index >= 15 is 0 Å². The van der Waals surface area contributed by atoms with Gasteiger partial charge in [-0.2, -0.15) is 0 Å². The average molecular weight is 273 g/mol. The fourth-order valence-corrected chi connectivity index (χ4v) is 2.97. The molecule has 0 aliphatic rings. The first kappa shape index (κ1) is 15.2. The van der Waals surface area contributed by atoms with E-state index in [0.29, 0.717) is 18.0 Å². The summed E-state index contributed by atoms with van der Waals surface area (Å²) in [6.45, 7) is 6.00. The highest BCUT2D eigenvalue weighted by Gasteiger charge is 2.17. The molecule has 0 saturated carbocycles. The molecule has 104 valence electrons. The summed E-state index contributed by atoms with van der Waals surface area (Å²) in [7, 11) is -1.51. The van der Waals surface area contributed by atoms with Crippen LogP contribution in [0.1, 0.15) is 32.4 Å². The van der Waals surface area contributed by atoms with Gasteiger partial charge in [0.15, 0.2) is 0 Å². The van der Waals surface area contributed by atoms with Crippen LogP contribution in [0, 0.1) is 0 Å². The molecule has 0 fully saturated rings. The molecule has 0 bridgehead atoms. The first-order valence-corrected chi connectivity index (χ1v) is 7.86. The van der Waals surface area contributed by atoms with Crippen molar-refractivity contribution in [1.29, 1.82) is 0 Å². The lowest BCUT2D eigenvalue weighted by Gasteiger charge is -2.06. The van der Waals surface area contributed by atoms with Gasteiger partial charge < -0.3 is 9.88 Å². The quantitative estimate of drug-likeness (QED) is 0.750. The molecular weight excluding hydrogens is 250 g/mol. The van der Waals surface area contributed by atoms with Crippen LogP contribution in [0.25, 0.3) is 0 Å². The van der Waals surface area contributed by atoms with E-state index in [2.05, 4.69) is 17.0 Å². The molecule has 5 nitrogen and oxygen atoms in total. The van der Waals surface area contributed by atoms with Gasteiger partial charge in [-0.15, -0.1) is 0 Å². The van der Waals surface area contributed by atoms with Crippen molar-refractivity contribution in [1.82, 2.24) is 14.6 Å². The van der Waals surface area contributed by atoms with Crippen LogP contribution in [0.2, 0.25) is 0 Å². The summed E-state index contributed by atoms with van der Waals surface area (Å²) in [6, 6.07) is 1.74. The molecule has 1 aromatic heterocycles. The van der Waals surface area contributed by atoms with Crippen LogP contribution in [-0.4, -0.2) is 26.6 Å². The number of rotatable bonds is 8. The zero-order valence-corrected chi connectivity index (χ0v) is 12.2. The summed E-state index contributed by atoms with van der Waals surface area (Å²) in [4.78, 5) is 0.356. The Balaban J connectivity index is 2.99. The molecule has 0 spiro atoms. The number of hydrogen-bond acceptors (Lipinski definition) is 3. The van der Waals surface area contributed by atoms with Crippen LogP contribution in [0.4, 0.5) is 0 Å². The molecule has 2 N–H and O–H groups in total. The van der Waals surface area contributed by atoms with Crippen molar-refractivity contribution in [2.75, 3.05) is 13.6 Å². The lowest BCUT2D eigenvalue weighted by Crippen LogP contribution is -2.24. The lowest BCUT2D eigenvalue weighted by molar-refractivity contribution is 0.579. The highest BCUT2D eigenvalue weighted by molar-refractivity contribution is 7.89. The monoisotopic (exact) mass is 273 g/mol. The Morgan fingerprint density at radius 3 is 2.56 bits per heavy atom. The number of nitrogens with one attached hydrogen (secondary N) is 2. The van der Waals surface area contributed by atoms with E-state index in [1.165, 1.54) is 0 Å². The third kappa shape index (κ3) is 3.83. The minimum absolute atomic E-state index is 0.356. The van der Waals surface area contributed by atoms with Crippen LogP contribution in [0.5, 0.6) is 0 Å². The number of aryl methyl sites for hydroxylation is 1. The first-order chi connectivity index (χ1) is 8.55. The lowest BCUT2D eigenvalue weighted by atomic mass is 10.4. The zero-order valence-electron chi connectivity index (χ0n) is 11.4. The molecule has 0 saturated heterocycles. The Labute approximate surface area is 110 Å². The van der Waals surface area contributed by atoms with Gasteiger partial charge in [0.2, 0.25) is 10.0 Å². The average Bonchev–Trinajstić information content (AvgIpc) is 2.72. The summed E-state index contributed by atoms with van der Waals surface area (Å²) < 4.78 is 28.6. The van der Waals surface area contributed by atoms with E-state index in [4.69, 9.17) is 0 Å². The minimum Gasteiger partial charge on any atom is -0.349 e. The molecule has 0 unspecified atom stereocenters. The van der Waals surface area contributed by atoms with Crippen molar-refractivity contribution < 1.29 is 8.42 Å². The van der Waals surface area contributed by atoms with Crippen molar-refractivity contribution in [2.24, 2.45) is 0 Å². The second-order valence-electron chi connectivity index (χ2n) is 4.29. The molecule has 6 heteroatoms. The molecule has 0 amide bonds. The van der Waals surface area contributed by atoms with Gasteiger partial charge in [-0.05, 0) is 26.0 Å². The summed E-state index contributed by atoms with van der Waals surface area (Å²) >= 11 is 0. The molecule has 1 aromatic rings. The predicted octanol–water partition coefficient (Wildman–Crippen LogP) is 1.31. The largest absolute Gasteiger partial charge is 0.349 e. The molecule has 0 aliphatic carbocycles. The molecule has 0 aliphatic heterocycles. The summed E-state index contributed by atoms with van der Waals surface area (Å²) in [5.74, 6) is 0. The maximum Gasteiger partial charge on any atom is 0.242 e.